The van der Waals surface area contributed by atoms with Gasteiger partial charge in [0.15, 0.2) is 0 Å². The van der Waals surface area contributed by atoms with Crippen LogP contribution >= 0.6 is 0 Å². The molecule has 4 nitrogen and oxygen atoms in total. The van der Waals surface area contributed by atoms with Crippen molar-refractivity contribution in [2.75, 3.05) is 0 Å². The lowest BCUT2D eigenvalue weighted by Crippen LogP contribution is -2.14. The Morgan fingerprint density at radius 2 is 2.05 bits per heavy atom. The fourth-order valence-electron chi connectivity index (χ4n) is 3.09. The number of nitrogens with zero attached hydrogens (tertiary/aromatic N) is 2. The van der Waals surface area contributed by atoms with E-state index in [1.165, 1.54) is 6.07 Å². The molecular weight excluding hydrogens is 281 g/mol. The van der Waals surface area contributed by atoms with Gasteiger partial charge >= 0.3 is 0 Å². The number of carbonyl (C=O) groups is 1. The maximum Gasteiger partial charge on any atom is 0.248 e. The first-order chi connectivity index (χ1) is 10.6. The Kier molecular flexibility index (Phi) is 2.63. The van der Waals surface area contributed by atoms with E-state index in [9.17, 15) is 9.18 Å². The van der Waals surface area contributed by atoms with Crippen molar-refractivity contribution in [3.8, 4) is 11.3 Å². The SMILES string of the molecule is NC(=O)c1cc(F)cc(C2c3ccccc3-c3cncn32)c1. The van der Waals surface area contributed by atoms with Crippen LogP contribution in [0.15, 0.2) is 55.0 Å². The maximum atomic E-state index is 13.9. The van der Waals surface area contributed by atoms with E-state index in [1.807, 2.05) is 28.8 Å². The smallest absolute Gasteiger partial charge is 0.248 e. The minimum Gasteiger partial charge on any atom is -0.366 e. The molecule has 0 bridgehead atoms. The second kappa shape index (κ2) is 4.53. The predicted octanol–water partition coefficient (Wildman–Crippen LogP) is 2.74. The third-order valence-corrected chi connectivity index (χ3v) is 4.00. The van der Waals surface area contributed by atoms with Crippen LogP contribution in [0.2, 0.25) is 0 Å². The number of hydrogen-bond donors (Lipinski definition) is 1. The molecule has 1 aliphatic heterocycles. The molecule has 2 heterocycles. The number of nitrogens with two attached hydrogens (primary N) is 1. The van der Waals surface area contributed by atoms with E-state index in [1.54, 1.807) is 18.6 Å². The number of aromatic nitrogens is 2. The molecule has 0 aliphatic carbocycles. The lowest BCUT2D eigenvalue weighted by molar-refractivity contribution is 0.0999. The molecule has 1 amide bonds. The first-order valence-corrected chi connectivity index (χ1v) is 6.86. The van der Waals surface area contributed by atoms with Crippen molar-refractivity contribution in [1.82, 2.24) is 9.55 Å². The second-order valence-corrected chi connectivity index (χ2v) is 5.31. The molecular formula is C17H12FN3O. The van der Waals surface area contributed by atoms with Crippen molar-refractivity contribution in [1.29, 1.82) is 0 Å². The number of rotatable bonds is 2. The normalized spacial score (nSPS) is 15.4. The molecule has 5 heteroatoms. The van der Waals surface area contributed by atoms with E-state index in [0.717, 1.165) is 22.9 Å². The van der Waals surface area contributed by atoms with Gasteiger partial charge in [-0.15, -0.1) is 0 Å². The lowest BCUT2D eigenvalue weighted by Gasteiger charge is -2.16. The van der Waals surface area contributed by atoms with Crippen molar-refractivity contribution in [2.45, 2.75) is 6.04 Å². The summed E-state index contributed by atoms with van der Waals surface area (Å²) in [5, 5.41) is 0. The number of imidazole rings is 1. The lowest BCUT2D eigenvalue weighted by atomic mass is 9.96. The van der Waals surface area contributed by atoms with Crippen LogP contribution in [0.5, 0.6) is 0 Å². The van der Waals surface area contributed by atoms with Crippen molar-refractivity contribution in [3.05, 3.63) is 77.5 Å². The largest absolute Gasteiger partial charge is 0.366 e. The van der Waals surface area contributed by atoms with Crippen LogP contribution < -0.4 is 5.73 Å². The Morgan fingerprint density at radius 1 is 1.23 bits per heavy atom. The molecule has 1 unspecified atom stereocenters. The van der Waals surface area contributed by atoms with Crippen LogP contribution in [0.3, 0.4) is 0 Å². The molecule has 0 spiro atoms. The van der Waals surface area contributed by atoms with E-state index in [0.29, 0.717) is 5.56 Å². The summed E-state index contributed by atoms with van der Waals surface area (Å²) in [4.78, 5) is 15.6. The number of fused-ring (bicyclic) bond motifs is 3. The molecule has 4 rings (SSSR count). The summed E-state index contributed by atoms with van der Waals surface area (Å²) >= 11 is 0. The summed E-state index contributed by atoms with van der Waals surface area (Å²) in [6.45, 7) is 0. The molecule has 22 heavy (non-hydrogen) atoms. The fourth-order valence-corrected chi connectivity index (χ4v) is 3.09. The molecule has 2 aromatic carbocycles. The number of carbonyl (C=O) groups excluding carboxylic acids is 1. The van der Waals surface area contributed by atoms with Crippen molar-refractivity contribution in [3.63, 3.8) is 0 Å². The van der Waals surface area contributed by atoms with Crippen molar-refractivity contribution >= 4 is 5.91 Å². The van der Waals surface area contributed by atoms with Gasteiger partial charge in [-0.05, 0) is 29.3 Å². The number of amides is 1. The predicted molar refractivity (Wildman–Crippen MR) is 79.8 cm³/mol. The van der Waals surface area contributed by atoms with E-state index in [-0.39, 0.29) is 11.6 Å². The zero-order chi connectivity index (χ0) is 15.3. The van der Waals surface area contributed by atoms with Crippen LogP contribution in [0, 0.1) is 5.82 Å². The third kappa shape index (κ3) is 1.75. The summed E-state index contributed by atoms with van der Waals surface area (Å²) in [6, 6.07) is 11.9. The highest BCUT2D eigenvalue weighted by molar-refractivity contribution is 5.93. The maximum absolute atomic E-state index is 13.9. The fraction of sp³-hybridized carbons (Fsp3) is 0.0588. The van der Waals surface area contributed by atoms with Crippen LogP contribution in [0.25, 0.3) is 11.3 Å². The first-order valence-electron chi connectivity index (χ1n) is 6.86. The van der Waals surface area contributed by atoms with Gasteiger partial charge in [0.05, 0.1) is 24.3 Å². The standard InChI is InChI=1S/C17H12FN3O/c18-12-6-10(5-11(7-12)17(19)22)16-14-4-2-1-3-13(14)15-8-20-9-21(15)16/h1-9,16H,(H2,19,22). The molecule has 108 valence electrons. The summed E-state index contributed by atoms with van der Waals surface area (Å²) in [5.41, 5.74) is 9.24. The minimum atomic E-state index is -0.641. The quantitative estimate of drug-likeness (QED) is 0.617. The van der Waals surface area contributed by atoms with E-state index >= 15 is 0 Å². The number of benzene rings is 2. The van der Waals surface area contributed by atoms with Gasteiger partial charge in [-0.3, -0.25) is 4.79 Å². The minimum absolute atomic E-state index is 0.168. The topological polar surface area (TPSA) is 60.9 Å². The molecule has 1 aromatic heterocycles. The van der Waals surface area contributed by atoms with Gasteiger partial charge in [-0.2, -0.15) is 0 Å². The average molecular weight is 293 g/mol. The van der Waals surface area contributed by atoms with Crippen LogP contribution in [-0.4, -0.2) is 15.5 Å². The molecule has 0 fully saturated rings. The molecule has 0 saturated heterocycles. The molecule has 1 aliphatic rings. The molecule has 0 saturated carbocycles. The van der Waals surface area contributed by atoms with Crippen molar-refractivity contribution in [2.24, 2.45) is 5.73 Å². The first kappa shape index (κ1) is 12.8. The molecule has 2 N–H and O–H groups in total. The van der Waals surface area contributed by atoms with Gasteiger partial charge in [0.2, 0.25) is 5.91 Å². The highest BCUT2D eigenvalue weighted by atomic mass is 19.1. The summed E-state index contributed by atoms with van der Waals surface area (Å²) < 4.78 is 15.9. The Balaban J connectivity index is 1.96. The summed E-state index contributed by atoms with van der Waals surface area (Å²) in [5.74, 6) is -1.12. The van der Waals surface area contributed by atoms with E-state index in [2.05, 4.69) is 4.98 Å². The Bertz CT molecular complexity index is 900. The van der Waals surface area contributed by atoms with Gasteiger partial charge < -0.3 is 10.3 Å². The monoisotopic (exact) mass is 293 g/mol. The molecule has 1 atom stereocenters. The van der Waals surface area contributed by atoms with Crippen LogP contribution in [0.1, 0.15) is 27.5 Å². The summed E-state index contributed by atoms with van der Waals surface area (Å²) in [6.07, 6.45) is 3.50. The van der Waals surface area contributed by atoms with Crippen LogP contribution in [0.4, 0.5) is 4.39 Å². The van der Waals surface area contributed by atoms with E-state index < -0.39 is 11.7 Å². The summed E-state index contributed by atoms with van der Waals surface area (Å²) in [7, 11) is 0. The zero-order valence-corrected chi connectivity index (χ0v) is 11.5. The Labute approximate surface area is 126 Å². The number of primary amides is 1. The third-order valence-electron chi connectivity index (χ3n) is 4.00. The van der Waals surface area contributed by atoms with Gasteiger partial charge in [0, 0.05) is 11.1 Å². The highest BCUT2D eigenvalue weighted by Crippen LogP contribution is 2.42. The van der Waals surface area contributed by atoms with Gasteiger partial charge in [-0.1, -0.05) is 24.3 Å². The molecule has 3 aromatic rings. The van der Waals surface area contributed by atoms with Crippen molar-refractivity contribution < 1.29 is 9.18 Å². The van der Waals surface area contributed by atoms with Crippen LogP contribution in [-0.2, 0) is 0 Å². The number of hydrogen-bond acceptors (Lipinski definition) is 2. The Hall–Kier alpha value is -2.95. The van der Waals surface area contributed by atoms with Gasteiger partial charge in [0.1, 0.15) is 5.82 Å². The average Bonchev–Trinajstić information content (AvgIpc) is 3.06. The number of halogens is 1. The highest BCUT2D eigenvalue weighted by Gasteiger charge is 2.29. The second-order valence-electron chi connectivity index (χ2n) is 5.31. The van der Waals surface area contributed by atoms with E-state index in [4.69, 9.17) is 5.73 Å². The van der Waals surface area contributed by atoms with Gasteiger partial charge in [0.25, 0.3) is 0 Å². The Morgan fingerprint density at radius 3 is 2.86 bits per heavy atom. The zero-order valence-electron chi connectivity index (χ0n) is 11.5. The molecule has 0 radical (unpaired) electrons. The van der Waals surface area contributed by atoms with Gasteiger partial charge in [-0.25, -0.2) is 9.37 Å².